The van der Waals surface area contributed by atoms with Gasteiger partial charge in [-0.05, 0) is 19.9 Å². The highest BCUT2D eigenvalue weighted by Crippen LogP contribution is 2.32. The minimum absolute atomic E-state index is 0.308. The molecule has 0 aliphatic carbocycles. The first kappa shape index (κ1) is 17.0. The molecule has 0 radical (unpaired) electrons. The first-order valence-corrected chi connectivity index (χ1v) is 7.80. The largest absolute Gasteiger partial charge is 0.383 e. The molecule has 0 aromatic carbocycles. The molecule has 3 aromatic rings. The van der Waals surface area contributed by atoms with Crippen molar-refractivity contribution in [2.75, 3.05) is 17.2 Å². The Morgan fingerprint density at radius 3 is 2.76 bits per heavy atom. The maximum absolute atomic E-state index is 13.3. The van der Waals surface area contributed by atoms with Gasteiger partial charge in [-0.15, -0.1) is 0 Å². The average Bonchev–Trinajstić information content (AvgIpc) is 2.93. The van der Waals surface area contributed by atoms with Crippen molar-refractivity contribution in [1.29, 1.82) is 0 Å². The highest BCUT2D eigenvalue weighted by molar-refractivity contribution is 5.87. The van der Waals surface area contributed by atoms with E-state index in [0.717, 1.165) is 0 Å². The molecule has 2 N–H and O–H groups in total. The predicted octanol–water partition coefficient (Wildman–Crippen LogP) is 2.48. The Balaban J connectivity index is 2.15. The van der Waals surface area contributed by atoms with Crippen LogP contribution in [0.3, 0.4) is 0 Å². The summed E-state index contributed by atoms with van der Waals surface area (Å²) < 4.78 is 28.2. The van der Waals surface area contributed by atoms with Crippen molar-refractivity contribution in [3.05, 3.63) is 35.9 Å². The molecular weight excluding hydrogens is 328 g/mol. The van der Waals surface area contributed by atoms with Gasteiger partial charge in [-0.1, -0.05) is 6.07 Å². The van der Waals surface area contributed by atoms with Crippen molar-refractivity contribution >= 4 is 22.7 Å². The Labute approximate surface area is 143 Å². The normalized spacial score (nSPS) is 12.7. The van der Waals surface area contributed by atoms with Crippen LogP contribution in [0.25, 0.3) is 11.0 Å². The monoisotopic (exact) mass is 347 g/mol. The molecule has 7 nitrogen and oxygen atoms in total. The third kappa shape index (κ3) is 3.21. The molecule has 0 amide bonds. The molecule has 9 heteroatoms. The number of fused-ring (bicyclic) bond motifs is 1. The second kappa shape index (κ2) is 6.58. The number of aromatic nitrogens is 5. The van der Waals surface area contributed by atoms with E-state index < -0.39 is 19.0 Å². The highest BCUT2D eigenvalue weighted by Gasteiger charge is 2.26. The number of anilines is 2. The summed E-state index contributed by atoms with van der Waals surface area (Å²) in [7, 11) is 1.75. The fourth-order valence-electron chi connectivity index (χ4n) is 2.86. The van der Waals surface area contributed by atoms with Crippen molar-refractivity contribution < 1.29 is 8.78 Å². The maximum Gasteiger partial charge on any atom is 0.255 e. The van der Waals surface area contributed by atoms with Crippen molar-refractivity contribution in [2.45, 2.75) is 26.3 Å². The first-order valence-electron chi connectivity index (χ1n) is 7.80. The molecule has 25 heavy (non-hydrogen) atoms. The predicted molar refractivity (Wildman–Crippen MR) is 91.5 cm³/mol. The lowest BCUT2D eigenvalue weighted by Crippen LogP contribution is -2.33. The van der Waals surface area contributed by atoms with Crippen LogP contribution in [0.5, 0.6) is 0 Å². The Morgan fingerprint density at radius 1 is 1.32 bits per heavy atom. The van der Waals surface area contributed by atoms with Crippen LogP contribution in [0.4, 0.5) is 20.4 Å². The number of nitrogen functional groups attached to an aromatic ring is 1. The third-order valence-electron chi connectivity index (χ3n) is 4.08. The van der Waals surface area contributed by atoms with Gasteiger partial charge >= 0.3 is 0 Å². The van der Waals surface area contributed by atoms with Gasteiger partial charge in [0.2, 0.25) is 0 Å². The molecule has 0 aliphatic heterocycles. The van der Waals surface area contributed by atoms with Crippen LogP contribution in [0.15, 0.2) is 24.5 Å². The van der Waals surface area contributed by atoms with Gasteiger partial charge in [0, 0.05) is 18.8 Å². The minimum Gasteiger partial charge on any atom is -0.383 e. The quantitative estimate of drug-likeness (QED) is 0.763. The molecule has 1 atom stereocenters. The SMILES string of the molecule is Cc1nc(N(CC(F)F)C(C)c2cccnc2N)c2cnn(C)c2n1. The van der Waals surface area contributed by atoms with E-state index in [1.165, 1.54) is 4.90 Å². The van der Waals surface area contributed by atoms with Crippen LogP contribution in [0.2, 0.25) is 0 Å². The molecule has 132 valence electrons. The molecule has 0 spiro atoms. The van der Waals surface area contributed by atoms with Crippen LogP contribution < -0.4 is 10.6 Å². The van der Waals surface area contributed by atoms with Crippen LogP contribution in [-0.4, -0.2) is 37.7 Å². The van der Waals surface area contributed by atoms with E-state index >= 15 is 0 Å². The molecule has 0 saturated heterocycles. The van der Waals surface area contributed by atoms with Gasteiger partial charge < -0.3 is 10.6 Å². The van der Waals surface area contributed by atoms with Gasteiger partial charge in [0.25, 0.3) is 6.43 Å². The lowest BCUT2D eigenvalue weighted by molar-refractivity contribution is 0.152. The Bertz CT molecular complexity index is 893. The van der Waals surface area contributed by atoms with Crippen LogP contribution >= 0.6 is 0 Å². The zero-order chi connectivity index (χ0) is 18.1. The van der Waals surface area contributed by atoms with E-state index in [2.05, 4.69) is 20.1 Å². The standard InChI is InChI=1S/C16H19F2N7/c1-9(11-5-4-6-20-14(11)19)25(8-13(17)18)16-12-7-21-24(3)15(12)22-10(2)23-16/h4-7,9,13H,8H2,1-3H3,(H2,19,20). The lowest BCUT2D eigenvalue weighted by atomic mass is 10.1. The van der Waals surface area contributed by atoms with E-state index in [-0.39, 0.29) is 0 Å². The Morgan fingerprint density at radius 2 is 2.08 bits per heavy atom. The van der Waals surface area contributed by atoms with Crippen molar-refractivity contribution in [2.24, 2.45) is 7.05 Å². The second-order valence-corrected chi connectivity index (χ2v) is 5.80. The summed E-state index contributed by atoms with van der Waals surface area (Å²) >= 11 is 0. The summed E-state index contributed by atoms with van der Waals surface area (Å²) in [5.41, 5.74) is 7.19. The summed E-state index contributed by atoms with van der Waals surface area (Å²) in [6.07, 6.45) is 0.612. The summed E-state index contributed by atoms with van der Waals surface area (Å²) in [6, 6.07) is 3.06. The van der Waals surface area contributed by atoms with Gasteiger partial charge in [-0.2, -0.15) is 5.10 Å². The molecule has 0 bridgehead atoms. The molecule has 0 saturated carbocycles. The van der Waals surface area contributed by atoms with Crippen LogP contribution in [-0.2, 0) is 7.05 Å². The van der Waals surface area contributed by atoms with Crippen LogP contribution in [0.1, 0.15) is 24.4 Å². The molecule has 1 unspecified atom stereocenters. The number of hydrogen-bond acceptors (Lipinski definition) is 6. The minimum atomic E-state index is -2.54. The van der Waals surface area contributed by atoms with Gasteiger partial charge in [-0.25, -0.2) is 23.7 Å². The van der Waals surface area contributed by atoms with Gasteiger partial charge in [-0.3, -0.25) is 4.68 Å². The maximum atomic E-state index is 13.3. The smallest absolute Gasteiger partial charge is 0.255 e. The fraction of sp³-hybridized carbons (Fsp3) is 0.375. The Kier molecular flexibility index (Phi) is 4.47. The zero-order valence-corrected chi connectivity index (χ0v) is 14.2. The number of nitrogens with zero attached hydrogens (tertiary/aromatic N) is 6. The van der Waals surface area contributed by atoms with Crippen molar-refractivity contribution in [3.8, 4) is 0 Å². The van der Waals surface area contributed by atoms with E-state index in [1.807, 2.05) is 0 Å². The van der Waals surface area contributed by atoms with Crippen LogP contribution in [0, 0.1) is 6.92 Å². The number of hydrogen-bond donors (Lipinski definition) is 1. The molecule has 0 aliphatic rings. The summed E-state index contributed by atoms with van der Waals surface area (Å²) in [5.74, 6) is 1.20. The van der Waals surface area contributed by atoms with E-state index in [9.17, 15) is 8.78 Å². The van der Waals surface area contributed by atoms with Gasteiger partial charge in [0.15, 0.2) is 5.65 Å². The molecule has 3 aromatic heterocycles. The molecule has 0 fully saturated rings. The summed E-state index contributed by atoms with van der Waals surface area (Å²) in [5, 5.41) is 4.79. The number of rotatable bonds is 5. The molecule has 3 rings (SSSR count). The van der Waals surface area contributed by atoms with Crippen molar-refractivity contribution in [3.63, 3.8) is 0 Å². The molecule has 3 heterocycles. The van der Waals surface area contributed by atoms with E-state index in [4.69, 9.17) is 5.73 Å². The highest BCUT2D eigenvalue weighted by atomic mass is 19.3. The fourth-order valence-corrected chi connectivity index (χ4v) is 2.86. The van der Waals surface area contributed by atoms with Gasteiger partial charge in [0.1, 0.15) is 17.5 Å². The number of halogens is 2. The van der Waals surface area contributed by atoms with E-state index in [1.54, 1.807) is 50.1 Å². The number of pyridine rings is 1. The number of nitrogens with two attached hydrogens (primary N) is 1. The lowest BCUT2D eigenvalue weighted by Gasteiger charge is -2.31. The second-order valence-electron chi connectivity index (χ2n) is 5.80. The number of aryl methyl sites for hydroxylation is 2. The van der Waals surface area contributed by atoms with Crippen molar-refractivity contribution in [1.82, 2.24) is 24.7 Å². The van der Waals surface area contributed by atoms with Gasteiger partial charge in [0.05, 0.1) is 24.2 Å². The first-order chi connectivity index (χ1) is 11.9. The summed E-state index contributed by atoms with van der Waals surface area (Å²) in [4.78, 5) is 14.3. The number of alkyl halides is 2. The summed E-state index contributed by atoms with van der Waals surface area (Å²) in [6.45, 7) is 3.03. The Hall–Kier alpha value is -2.84. The zero-order valence-electron chi connectivity index (χ0n) is 14.2. The van der Waals surface area contributed by atoms with E-state index in [0.29, 0.717) is 34.1 Å². The topological polar surface area (TPSA) is 85.8 Å². The average molecular weight is 347 g/mol. The third-order valence-corrected chi connectivity index (χ3v) is 4.08. The molecular formula is C16H19F2N7.